The zero-order valence-electron chi connectivity index (χ0n) is 8.25. The van der Waals surface area contributed by atoms with E-state index >= 15 is 0 Å². The molecule has 0 saturated carbocycles. The van der Waals surface area contributed by atoms with Crippen molar-refractivity contribution in [2.45, 2.75) is 32.7 Å². The fourth-order valence-electron chi connectivity index (χ4n) is 1.33. The number of anilines is 2. The minimum atomic E-state index is 0.492. The normalized spacial score (nSPS) is 12.5. The largest absolute Gasteiger partial charge is 0.384 e. The van der Waals surface area contributed by atoms with Gasteiger partial charge in [0.25, 0.3) is 0 Å². The molecule has 3 N–H and O–H groups in total. The van der Waals surface area contributed by atoms with E-state index in [1.165, 1.54) is 12.8 Å². The third-order valence-electron chi connectivity index (χ3n) is 1.92. The van der Waals surface area contributed by atoms with Gasteiger partial charge in [0, 0.05) is 24.0 Å². The summed E-state index contributed by atoms with van der Waals surface area (Å²) < 4.78 is 0. The van der Waals surface area contributed by atoms with Crippen molar-refractivity contribution in [3.8, 4) is 0 Å². The number of pyridine rings is 1. The first-order valence-electron chi connectivity index (χ1n) is 4.70. The van der Waals surface area contributed by atoms with E-state index in [1.807, 2.05) is 12.1 Å². The van der Waals surface area contributed by atoms with Crippen molar-refractivity contribution in [2.24, 2.45) is 0 Å². The van der Waals surface area contributed by atoms with Gasteiger partial charge < -0.3 is 11.1 Å². The van der Waals surface area contributed by atoms with Crippen molar-refractivity contribution in [3.05, 3.63) is 18.3 Å². The van der Waals surface area contributed by atoms with E-state index in [1.54, 1.807) is 6.20 Å². The van der Waals surface area contributed by atoms with Crippen LogP contribution in [0.3, 0.4) is 0 Å². The lowest BCUT2D eigenvalue weighted by molar-refractivity contribution is 0.690. The lowest BCUT2D eigenvalue weighted by atomic mass is 10.2. The summed E-state index contributed by atoms with van der Waals surface area (Å²) in [5.41, 5.74) is 6.61. The van der Waals surface area contributed by atoms with E-state index in [9.17, 15) is 0 Å². The third-order valence-corrected chi connectivity index (χ3v) is 1.92. The molecule has 1 atom stereocenters. The highest BCUT2D eigenvalue weighted by molar-refractivity contribution is 5.50. The molecular weight excluding hydrogens is 162 g/mol. The van der Waals surface area contributed by atoms with Gasteiger partial charge in [-0.3, -0.25) is 0 Å². The molecule has 0 bridgehead atoms. The number of nitrogen functional groups attached to an aromatic ring is 1. The maximum atomic E-state index is 5.56. The van der Waals surface area contributed by atoms with Gasteiger partial charge in [0.05, 0.1) is 0 Å². The Morgan fingerprint density at radius 1 is 1.62 bits per heavy atom. The molecule has 0 aromatic carbocycles. The first-order valence-corrected chi connectivity index (χ1v) is 4.70. The highest BCUT2D eigenvalue weighted by atomic mass is 14.9. The summed E-state index contributed by atoms with van der Waals surface area (Å²) in [5.74, 6) is 0.564. The van der Waals surface area contributed by atoms with Gasteiger partial charge in [-0.25, -0.2) is 4.98 Å². The van der Waals surface area contributed by atoms with Crippen LogP contribution in [0.5, 0.6) is 0 Å². The van der Waals surface area contributed by atoms with Crippen LogP contribution in [0.1, 0.15) is 26.7 Å². The Morgan fingerprint density at radius 2 is 2.38 bits per heavy atom. The fraction of sp³-hybridized carbons (Fsp3) is 0.500. The molecule has 0 radical (unpaired) electrons. The van der Waals surface area contributed by atoms with Crippen LogP contribution in [0.25, 0.3) is 0 Å². The summed E-state index contributed by atoms with van der Waals surface area (Å²) in [7, 11) is 0. The zero-order valence-corrected chi connectivity index (χ0v) is 8.25. The molecule has 0 saturated heterocycles. The van der Waals surface area contributed by atoms with Crippen LogP contribution in [0.15, 0.2) is 18.3 Å². The molecule has 1 rings (SSSR count). The lowest BCUT2D eigenvalue weighted by Crippen LogP contribution is -2.14. The van der Waals surface area contributed by atoms with Crippen LogP contribution in [0.2, 0.25) is 0 Å². The van der Waals surface area contributed by atoms with Crippen molar-refractivity contribution in [1.29, 1.82) is 0 Å². The number of nitrogens with two attached hydrogens (primary N) is 1. The van der Waals surface area contributed by atoms with Crippen LogP contribution in [-0.4, -0.2) is 11.0 Å². The summed E-state index contributed by atoms with van der Waals surface area (Å²) in [6.45, 7) is 4.35. The Morgan fingerprint density at radius 3 is 3.00 bits per heavy atom. The highest BCUT2D eigenvalue weighted by Crippen LogP contribution is 2.11. The minimum Gasteiger partial charge on any atom is -0.384 e. The smallest absolute Gasteiger partial charge is 0.125 e. The molecule has 1 aromatic heterocycles. The summed E-state index contributed by atoms with van der Waals surface area (Å²) in [4.78, 5) is 3.93. The van der Waals surface area contributed by atoms with Gasteiger partial charge in [0.2, 0.25) is 0 Å². The summed E-state index contributed by atoms with van der Waals surface area (Å²) in [5, 5.41) is 3.36. The number of aromatic nitrogens is 1. The monoisotopic (exact) mass is 179 g/mol. The van der Waals surface area contributed by atoms with Gasteiger partial charge in [-0.15, -0.1) is 0 Å². The Bertz CT molecular complexity index is 260. The first kappa shape index (κ1) is 9.84. The SMILES string of the molecule is CCCC(C)Nc1ccnc(N)c1. The molecule has 1 aromatic rings. The average molecular weight is 179 g/mol. The van der Waals surface area contributed by atoms with Crippen LogP contribution < -0.4 is 11.1 Å². The maximum absolute atomic E-state index is 5.56. The van der Waals surface area contributed by atoms with Crippen LogP contribution in [-0.2, 0) is 0 Å². The third kappa shape index (κ3) is 3.32. The van der Waals surface area contributed by atoms with Crippen molar-refractivity contribution >= 4 is 11.5 Å². The Hall–Kier alpha value is -1.25. The number of nitrogens with one attached hydrogen (secondary N) is 1. The number of hydrogen-bond donors (Lipinski definition) is 2. The predicted molar refractivity (Wildman–Crippen MR) is 56.6 cm³/mol. The topological polar surface area (TPSA) is 50.9 Å². The average Bonchev–Trinajstić information content (AvgIpc) is 2.04. The second-order valence-electron chi connectivity index (χ2n) is 3.30. The van der Waals surface area contributed by atoms with Gasteiger partial charge in [0.1, 0.15) is 5.82 Å². The maximum Gasteiger partial charge on any atom is 0.125 e. The summed E-state index contributed by atoms with van der Waals surface area (Å²) >= 11 is 0. The summed E-state index contributed by atoms with van der Waals surface area (Å²) in [6, 6.07) is 4.28. The van der Waals surface area contributed by atoms with E-state index < -0.39 is 0 Å². The van der Waals surface area contributed by atoms with Crippen molar-refractivity contribution in [2.75, 3.05) is 11.1 Å². The van der Waals surface area contributed by atoms with Gasteiger partial charge in [0.15, 0.2) is 0 Å². The van der Waals surface area contributed by atoms with E-state index in [0.717, 1.165) is 5.69 Å². The molecule has 1 unspecified atom stereocenters. The van der Waals surface area contributed by atoms with Gasteiger partial charge in [-0.2, -0.15) is 0 Å². The van der Waals surface area contributed by atoms with Gasteiger partial charge in [-0.1, -0.05) is 13.3 Å². The van der Waals surface area contributed by atoms with Crippen LogP contribution in [0, 0.1) is 0 Å². The van der Waals surface area contributed by atoms with Crippen LogP contribution >= 0.6 is 0 Å². The first-order chi connectivity index (χ1) is 6.22. The molecule has 3 heteroatoms. The highest BCUT2D eigenvalue weighted by Gasteiger charge is 2.00. The van der Waals surface area contributed by atoms with Crippen molar-refractivity contribution < 1.29 is 0 Å². The quantitative estimate of drug-likeness (QED) is 0.745. The van der Waals surface area contributed by atoms with E-state index in [2.05, 4.69) is 24.1 Å². The molecule has 0 aliphatic heterocycles. The molecule has 72 valence electrons. The standard InChI is InChI=1S/C10H17N3/c1-3-4-8(2)13-9-5-6-12-10(11)7-9/h5-8H,3-4H2,1-2H3,(H3,11,12,13). The molecule has 0 fully saturated rings. The Balaban J connectivity index is 2.53. The van der Waals surface area contributed by atoms with Gasteiger partial charge in [-0.05, 0) is 19.4 Å². The molecule has 0 amide bonds. The molecular formula is C10H17N3. The summed E-state index contributed by atoms with van der Waals surface area (Å²) in [6.07, 6.45) is 4.08. The van der Waals surface area contributed by atoms with Crippen molar-refractivity contribution in [3.63, 3.8) is 0 Å². The van der Waals surface area contributed by atoms with E-state index in [4.69, 9.17) is 5.73 Å². The fourth-order valence-corrected chi connectivity index (χ4v) is 1.33. The van der Waals surface area contributed by atoms with E-state index in [0.29, 0.717) is 11.9 Å². The molecule has 0 aliphatic rings. The second kappa shape index (κ2) is 4.70. The van der Waals surface area contributed by atoms with E-state index in [-0.39, 0.29) is 0 Å². The van der Waals surface area contributed by atoms with Gasteiger partial charge >= 0.3 is 0 Å². The number of rotatable bonds is 4. The molecule has 0 aliphatic carbocycles. The molecule has 13 heavy (non-hydrogen) atoms. The predicted octanol–water partition coefficient (Wildman–Crippen LogP) is 2.26. The number of hydrogen-bond acceptors (Lipinski definition) is 3. The van der Waals surface area contributed by atoms with Crippen LogP contribution in [0.4, 0.5) is 11.5 Å². The molecule has 1 heterocycles. The second-order valence-corrected chi connectivity index (χ2v) is 3.30. The minimum absolute atomic E-state index is 0.492. The molecule has 3 nitrogen and oxygen atoms in total. The molecule has 0 spiro atoms. The Kier molecular flexibility index (Phi) is 3.55. The van der Waals surface area contributed by atoms with Crippen molar-refractivity contribution in [1.82, 2.24) is 4.98 Å². The number of nitrogens with zero attached hydrogens (tertiary/aromatic N) is 1. The Labute approximate surface area is 79.4 Å². The zero-order chi connectivity index (χ0) is 9.68. The lowest BCUT2D eigenvalue weighted by Gasteiger charge is -2.13.